The average molecular weight is 467 g/mol. The lowest BCUT2D eigenvalue weighted by molar-refractivity contribution is -0.118. The molecule has 11 heteroatoms. The van der Waals surface area contributed by atoms with Crippen LogP contribution in [0.3, 0.4) is 0 Å². The zero-order chi connectivity index (χ0) is 23.7. The van der Waals surface area contributed by atoms with Crippen molar-refractivity contribution in [3.63, 3.8) is 0 Å². The molecule has 4 aromatic rings. The number of pyridine rings is 1. The third kappa shape index (κ3) is 4.60. The maximum atomic E-state index is 12.9. The Bertz CT molecular complexity index is 1500. The summed E-state index contributed by atoms with van der Waals surface area (Å²) >= 11 is 5.93. The predicted octanol–water partition coefficient (Wildman–Crippen LogP) is 2.14. The molecule has 0 aliphatic carbocycles. The summed E-state index contributed by atoms with van der Waals surface area (Å²) in [4.78, 5) is 60.3. The number of carbonyl (C=O) groups excluding carboxylic acids is 2. The second-order valence-corrected chi connectivity index (χ2v) is 7.87. The van der Waals surface area contributed by atoms with Gasteiger partial charge in [-0.05, 0) is 38.1 Å². The highest BCUT2D eigenvalue weighted by Gasteiger charge is 2.18. The Balaban J connectivity index is 1.62. The first-order valence-corrected chi connectivity index (χ1v) is 10.3. The summed E-state index contributed by atoms with van der Waals surface area (Å²) in [6, 6.07) is 12.4. The number of halogens is 1. The normalized spacial score (nSPS) is 11.0. The van der Waals surface area contributed by atoms with Gasteiger partial charge in [-0.2, -0.15) is 0 Å². The maximum absolute atomic E-state index is 12.9. The molecule has 0 unspecified atom stereocenters. The zero-order valence-electron chi connectivity index (χ0n) is 17.8. The number of anilines is 1. The number of aryl methyl sites for hydroxylation is 1. The van der Waals surface area contributed by atoms with E-state index in [1.165, 1.54) is 11.5 Å². The van der Waals surface area contributed by atoms with Gasteiger partial charge in [0.2, 0.25) is 5.91 Å². The fourth-order valence-corrected chi connectivity index (χ4v) is 3.55. The molecule has 3 heterocycles. The molecule has 0 atom stereocenters. The minimum Gasteiger partial charge on any atom is -0.313 e. The van der Waals surface area contributed by atoms with Gasteiger partial charge in [0.15, 0.2) is 11.2 Å². The highest BCUT2D eigenvalue weighted by molar-refractivity contribution is 6.30. The molecular formula is C22H19ClN6O4. The summed E-state index contributed by atoms with van der Waals surface area (Å²) in [6.07, 6.45) is 0. The van der Waals surface area contributed by atoms with Gasteiger partial charge in [0.25, 0.3) is 5.56 Å². The van der Waals surface area contributed by atoms with Crippen LogP contribution in [-0.2, 0) is 22.7 Å². The van der Waals surface area contributed by atoms with Crippen LogP contribution >= 0.6 is 11.6 Å². The van der Waals surface area contributed by atoms with Crippen molar-refractivity contribution >= 4 is 40.3 Å². The molecule has 0 bridgehead atoms. The van der Waals surface area contributed by atoms with Gasteiger partial charge in [-0.25, -0.2) is 14.8 Å². The van der Waals surface area contributed by atoms with Crippen molar-refractivity contribution < 1.29 is 9.59 Å². The topological polar surface area (TPSA) is 132 Å². The van der Waals surface area contributed by atoms with Crippen LogP contribution in [0.2, 0.25) is 5.02 Å². The van der Waals surface area contributed by atoms with Crippen LogP contribution in [0.4, 0.5) is 5.82 Å². The number of ketones is 1. The van der Waals surface area contributed by atoms with Gasteiger partial charge in [-0.3, -0.25) is 23.9 Å². The van der Waals surface area contributed by atoms with E-state index in [0.717, 1.165) is 10.1 Å². The van der Waals surface area contributed by atoms with Crippen LogP contribution in [0, 0.1) is 6.92 Å². The number of nitrogens with one attached hydrogen (secondary N) is 2. The first-order valence-electron chi connectivity index (χ1n) is 9.95. The Morgan fingerprint density at radius 3 is 2.45 bits per heavy atom. The average Bonchev–Trinajstić information content (AvgIpc) is 3.06. The molecule has 10 nitrogen and oxygen atoms in total. The molecule has 1 aromatic carbocycles. The molecule has 0 aliphatic heterocycles. The van der Waals surface area contributed by atoms with E-state index in [-0.39, 0.29) is 30.0 Å². The van der Waals surface area contributed by atoms with Gasteiger partial charge in [-0.1, -0.05) is 29.8 Å². The van der Waals surface area contributed by atoms with Gasteiger partial charge in [0.05, 0.1) is 12.2 Å². The predicted molar refractivity (Wildman–Crippen MR) is 123 cm³/mol. The van der Waals surface area contributed by atoms with Crippen molar-refractivity contribution in [2.24, 2.45) is 0 Å². The third-order valence-electron chi connectivity index (χ3n) is 4.92. The molecule has 0 saturated heterocycles. The summed E-state index contributed by atoms with van der Waals surface area (Å²) in [5, 5.41) is 3.32. The molecule has 168 valence electrons. The second-order valence-electron chi connectivity index (χ2n) is 7.43. The van der Waals surface area contributed by atoms with E-state index >= 15 is 0 Å². The molecule has 0 radical (unpaired) electrons. The van der Waals surface area contributed by atoms with Crippen molar-refractivity contribution in [1.82, 2.24) is 24.1 Å². The monoisotopic (exact) mass is 466 g/mol. The molecule has 1 amide bonds. The highest BCUT2D eigenvalue weighted by Crippen LogP contribution is 2.21. The van der Waals surface area contributed by atoms with Gasteiger partial charge < -0.3 is 9.88 Å². The molecule has 0 aliphatic rings. The van der Waals surface area contributed by atoms with Crippen molar-refractivity contribution in [1.29, 1.82) is 0 Å². The summed E-state index contributed by atoms with van der Waals surface area (Å²) in [7, 11) is 0. The number of hydrogen-bond acceptors (Lipinski definition) is 6. The number of H-pyrrole nitrogens is 1. The maximum Gasteiger partial charge on any atom is 0.330 e. The molecule has 2 N–H and O–H groups in total. The first-order chi connectivity index (χ1) is 15.7. The van der Waals surface area contributed by atoms with E-state index in [2.05, 4.69) is 20.3 Å². The lowest BCUT2D eigenvalue weighted by Crippen LogP contribution is -2.37. The lowest BCUT2D eigenvalue weighted by Gasteiger charge is -2.09. The van der Waals surface area contributed by atoms with Gasteiger partial charge in [0.1, 0.15) is 24.0 Å². The number of fused-ring (bicyclic) bond motifs is 1. The summed E-state index contributed by atoms with van der Waals surface area (Å²) < 4.78 is 2.18. The number of aromatic nitrogens is 5. The number of nitrogens with zero attached hydrogens (tertiary/aromatic N) is 4. The Hall–Kier alpha value is -4.05. The highest BCUT2D eigenvalue weighted by atomic mass is 35.5. The minimum absolute atomic E-state index is 0.0337. The standard InChI is InChI=1S/C22H19ClN6O4/c1-12(30)10-29-21(32)19-20(27-22(29)33)24-13(2)28(19)11-18(31)26-17-5-3-4-16(25-17)14-6-8-15(23)9-7-14/h3-9H,10-11H2,1-2H3,(H,27,33)(H,25,26,31). The quantitative estimate of drug-likeness (QED) is 0.447. The van der Waals surface area contributed by atoms with Gasteiger partial charge >= 0.3 is 5.69 Å². The SMILES string of the molecule is CC(=O)Cn1c(=O)[nH]c2nc(C)n(CC(=O)Nc3cccc(-c4ccc(Cl)cc4)n3)c2c1=O. The molecule has 0 saturated carbocycles. The van der Waals surface area contributed by atoms with Crippen molar-refractivity contribution in [3.8, 4) is 11.3 Å². The number of aromatic amines is 1. The van der Waals surface area contributed by atoms with Gasteiger partial charge in [0, 0.05) is 10.6 Å². The molecular weight excluding hydrogens is 448 g/mol. The lowest BCUT2D eigenvalue weighted by atomic mass is 10.1. The van der Waals surface area contributed by atoms with E-state index in [1.54, 1.807) is 37.3 Å². The van der Waals surface area contributed by atoms with Crippen LogP contribution < -0.4 is 16.6 Å². The van der Waals surface area contributed by atoms with Crippen LogP contribution in [0.15, 0.2) is 52.1 Å². The Morgan fingerprint density at radius 2 is 1.76 bits per heavy atom. The van der Waals surface area contributed by atoms with E-state index in [4.69, 9.17) is 11.6 Å². The number of imidazole rings is 1. The third-order valence-corrected chi connectivity index (χ3v) is 5.17. The number of hydrogen-bond donors (Lipinski definition) is 2. The van der Waals surface area contributed by atoms with E-state index < -0.39 is 17.2 Å². The molecule has 0 spiro atoms. The molecule has 33 heavy (non-hydrogen) atoms. The van der Waals surface area contributed by atoms with Crippen LogP contribution in [0.5, 0.6) is 0 Å². The number of benzene rings is 1. The van der Waals surface area contributed by atoms with Crippen LogP contribution in [-0.4, -0.2) is 35.8 Å². The Labute approximate surface area is 191 Å². The summed E-state index contributed by atoms with van der Waals surface area (Å²) in [6.45, 7) is 2.27. The van der Waals surface area contributed by atoms with Gasteiger partial charge in [-0.15, -0.1) is 0 Å². The number of carbonyl (C=O) groups is 2. The fraction of sp³-hybridized carbons (Fsp3) is 0.182. The minimum atomic E-state index is -0.736. The number of rotatable bonds is 6. The van der Waals surface area contributed by atoms with Crippen LogP contribution in [0.1, 0.15) is 12.7 Å². The zero-order valence-corrected chi connectivity index (χ0v) is 18.5. The number of amides is 1. The fourth-order valence-electron chi connectivity index (χ4n) is 3.43. The molecule has 4 rings (SSSR count). The van der Waals surface area contributed by atoms with Crippen molar-refractivity contribution in [2.45, 2.75) is 26.9 Å². The Kier molecular flexibility index (Phi) is 5.93. The summed E-state index contributed by atoms with van der Waals surface area (Å²) in [5.74, 6) is -0.107. The smallest absolute Gasteiger partial charge is 0.313 e. The van der Waals surface area contributed by atoms with E-state index in [9.17, 15) is 19.2 Å². The summed E-state index contributed by atoms with van der Waals surface area (Å²) in [5.41, 5.74) is 0.143. The number of Topliss-reactive ketones (excluding diaryl/α,β-unsaturated/α-hetero) is 1. The first kappa shape index (κ1) is 22.2. The Morgan fingerprint density at radius 1 is 1.03 bits per heavy atom. The van der Waals surface area contributed by atoms with Crippen LogP contribution in [0.25, 0.3) is 22.4 Å². The molecule has 3 aromatic heterocycles. The largest absolute Gasteiger partial charge is 0.330 e. The second kappa shape index (κ2) is 8.83. The van der Waals surface area contributed by atoms with E-state index in [0.29, 0.717) is 22.4 Å². The van der Waals surface area contributed by atoms with Crippen molar-refractivity contribution in [2.75, 3.05) is 5.32 Å². The van der Waals surface area contributed by atoms with Crippen molar-refractivity contribution in [3.05, 3.63) is 74.1 Å². The molecule has 0 fully saturated rings. The van der Waals surface area contributed by atoms with E-state index in [1.807, 2.05) is 12.1 Å².